The molecule has 0 unspecified atom stereocenters. The third-order valence-electron chi connectivity index (χ3n) is 8.07. The molecule has 1 saturated carbocycles. The van der Waals surface area contributed by atoms with Crippen LogP contribution in [0.25, 0.3) is 32.2 Å². The molecule has 2 bridgehead atoms. The van der Waals surface area contributed by atoms with Crippen LogP contribution in [0.15, 0.2) is 81.6 Å². The van der Waals surface area contributed by atoms with Crippen LogP contribution in [-0.2, 0) is 14.4 Å². The summed E-state index contributed by atoms with van der Waals surface area (Å²) in [6.07, 6.45) is 5.12. The maximum absolute atomic E-state index is 13.2. The quantitative estimate of drug-likeness (QED) is 0.158. The Balaban J connectivity index is 0.964. The molecule has 3 aromatic carbocycles. The average molecular weight is 552 g/mol. The number of benzene rings is 3. The van der Waals surface area contributed by atoms with Crippen LogP contribution < -0.4 is 10.2 Å². The van der Waals surface area contributed by atoms with E-state index in [2.05, 4.69) is 22.5 Å². The zero-order chi connectivity index (χ0) is 26.2. The minimum atomic E-state index is -0.221. The second-order valence-corrected chi connectivity index (χ2v) is 12.5. The maximum Gasteiger partial charge on any atom is 0.238 e. The van der Waals surface area contributed by atoms with Crippen molar-refractivity contribution in [1.29, 1.82) is 0 Å². The summed E-state index contributed by atoms with van der Waals surface area (Å²) < 4.78 is 7.55. The highest BCUT2D eigenvalue weighted by molar-refractivity contribution is 8.01. The van der Waals surface area contributed by atoms with Gasteiger partial charge in [0.05, 0.1) is 33.5 Å². The number of fused-ring (bicyclic) bond motifs is 9. The van der Waals surface area contributed by atoms with E-state index in [0.717, 1.165) is 42.9 Å². The monoisotopic (exact) mass is 551 g/mol. The number of hydrogen-bond acceptors (Lipinski definition) is 7. The van der Waals surface area contributed by atoms with Crippen molar-refractivity contribution >= 4 is 84.4 Å². The number of furan rings is 1. The molecule has 2 fully saturated rings. The van der Waals surface area contributed by atoms with E-state index >= 15 is 0 Å². The Morgan fingerprint density at radius 1 is 0.974 bits per heavy atom. The lowest BCUT2D eigenvalue weighted by molar-refractivity contribution is -0.123. The molecule has 5 aromatic rings. The normalized spacial score (nSPS) is 23.5. The van der Waals surface area contributed by atoms with E-state index in [9.17, 15) is 14.4 Å². The number of imide groups is 1. The number of carbonyl (C=O) groups excluding carboxylic acids is 3. The molecule has 4 atom stereocenters. The van der Waals surface area contributed by atoms with Gasteiger partial charge < -0.3 is 9.73 Å². The van der Waals surface area contributed by atoms with Gasteiger partial charge in [-0.1, -0.05) is 42.1 Å². The first-order chi connectivity index (χ1) is 19.0. The smallest absolute Gasteiger partial charge is 0.238 e. The Labute approximate surface area is 230 Å². The van der Waals surface area contributed by atoms with E-state index < -0.39 is 0 Å². The van der Waals surface area contributed by atoms with Crippen molar-refractivity contribution in [1.82, 2.24) is 4.98 Å². The molecular formula is C30H21N3O4S2. The minimum absolute atomic E-state index is 0.0854. The predicted octanol–water partition coefficient (Wildman–Crippen LogP) is 6.24. The number of hydrogen-bond donors (Lipinski definition) is 1. The summed E-state index contributed by atoms with van der Waals surface area (Å²) in [6, 6.07) is 19.0. The molecule has 3 amide bonds. The lowest BCUT2D eigenvalue weighted by Gasteiger charge is -2.17. The van der Waals surface area contributed by atoms with E-state index in [0.29, 0.717) is 11.4 Å². The van der Waals surface area contributed by atoms with E-state index in [1.807, 2.05) is 54.6 Å². The standard InChI is InChI=1S/C30H21N3O4S2/c34-25(31-17-7-9-20-19-3-1-2-4-22(19)37-23(20)12-17)14-38-30-32-21-10-8-18(13-24(21)39-30)33-28(35)26-15-5-6-16(11-15)27(26)29(33)36/h1-10,12-13,15-16,26-27H,11,14H2,(H,31,34)/t15-,16-,26+,27+/m0/s1. The predicted molar refractivity (Wildman–Crippen MR) is 153 cm³/mol. The molecular weight excluding hydrogens is 530 g/mol. The molecule has 1 saturated heterocycles. The largest absolute Gasteiger partial charge is 0.456 e. The molecule has 192 valence electrons. The van der Waals surface area contributed by atoms with Gasteiger partial charge in [-0.3, -0.25) is 14.4 Å². The molecule has 8 rings (SSSR count). The number of thioether (sulfide) groups is 1. The van der Waals surface area contributed by atoms with E-state index in [1.54, 1.807) is 6.07 Å². The third kappa shape index (κ3) is 3.57. The number of carbonyl (C=O) groups is 3. The highest BCUT2D eigenvalue weighted by Crippen LogP contribution is 2.53. The Morgan fingerprint density at radius 3 is 2.56 bits per heavy atom. The van der Waals surface area contributed by atoms with Gasteiger partial charge in [0.1, 0.15) is 11.2 Å². The lowest BCUT2D eigenvalue weighted by Crippen LogP contribution is -2.32. The fourth-order valence-corrected chi connectivity index (χ4v) is 8.28. The molecule has 3 aliphatic rings. The first-order valence-electron chi connectivity index (χ1n) is 12.8. The molecule has 1 N–H and O–H groups in total. The van der Waals surface area contributed by atoms with Crippen LogP contribution in [0.3, 0.4) is 0 Å². The van der Waals surface area contributed by atoms with Gasteiger partial charge in [0.15, 0.2) is 4.34 Å². The van der Waals surface area contributed by atoms with Gasteiger partial charge in [-0.2, -0.15) is 0 Å². The number of aromatic nitrogens is 1. The van der Waals surface area contributed by atoms with Gasteiger partial charge in [0, 0.05) is 22.5 Å². The summed E-state index contributed by atoms with van der Waals surface area (Å²) in [7, 11) is 0. The summed E-state index contributed by atoms with van der Waals surface area (Å²) in [6.45, 7) is 0. The fourth-order valence-electron chi connectivity index (χ4n) is 6.38. The van der Waals surface area contributed by atoms with Crippen LogP contribution in [0.2, 0.25) is 0 Å². The van der Waals surface area contributed by atoms with Crippen molar-refractivity contribution in [2.75, 3.05) is 16.0 Å². The van der Waals surface area contributed by atoms with Crippen LogP contribution in [0, 0.1) is 23.7 Å². The topological polar surface area (TPSA) is 92.5 Å². The summed E-state index contributed by atoms with van der Waals surface area (Å²) >= 11 is 2.81. The summed E-state index contributed by atoms with van der Waals surface area (Å²) in [5.41, 5.74) is 3.60. The van der Waals surface area contributed by atoms with Crippen molar-refractivity contribution in [2.24, 2.45) is 23.7 Å². The fraction of sp³-hybridized carbons (Fsp3) is 0.200. The third-order valence-corrected chi connectivity index (χ3v) is 10.2. The number of para-hydroxylation sites is 1. The average Bonchev–Trinajstić information content (AvgIpc) is 3.75. The highest BCUT2D eigenvalue weighted by atomic mass is 32.2. The van der Waals surface area contributed by atoms with Crippen molar-refractivity contribution in [3.63, 3.8) is 0 Å². The van der Waals surface area contributed by atoms with Gasteiger partial charge >= 0.3 is 0 Å². The molecule has 39 heavy (non-hydrogen) atoms. The molecule has 2 aromatic heterocycles. The summed E-state index contributed by atoms with van der Waals surface area (Å²) in [5.74, 6) is -0.183. The minimum Gasteiger partial charge on any atom is -0.456 e. The Kier molecular flexibility index (Phi) is 5.02. The van der Waals surface area contributed by atoms with E-state index in [4.69, 9.17) is 4.42 Å². The zero-order valence-electron chi connectivity index (χ0n) is 20.5. The Hall–Kier alpha value is -3.95. The molecule has 7 nitrogen and oxygen atoms in total. The molecule has 1 aliphatic heterocycles. The SMILES string of the molecule is O=C(CSc1nc2ccc(N3C(=O)[C@H]4[C@H](C3=O)[C@H]3C=C[C@H]4C3)cc2s1)Nc1ccc2c(c1)oc1ccccc12. The van der Waals surface area contributed by atoms with Crippen LogP contribution in [0.1, 0.15) is 6.42 Å². The van der Waals surface area contributed by atoms with Gasteiger partial charge in [-0.25, -0.2) is 9.88 Å². The van der Waals surface area contributed by atoms with Gasteiger partial charge in [-0.15, -0.1) is 11.3 Å². The highest BCUT2D eigenvalue weighted by Gasteiger charge is 2.59. The van der Waals surface area contributed by atoms with Crippen molar-refractivity contribution in [3.8, 4) is 0 Å². The van der Waals surface area contributed by atoms with Gasteiger partial charge in [-0.05, 0) is 54.7 Å². The number of thiazole rings is 1. The molecule has 3 heterocycles. The lowest BCUT2D eigenvalue weighted by atomic mass is 9.85. The summed E-state index contributed by atoms with van der Waals surface area (Å²) in [5, 5.41) is 5.00. The number of amides is 3. The second-order valence-electron chi connectivity index (χ2n) is 10.3. The van der Waals surface area contributed by atoms with Crippen molar-refractivity contribution < 1.29 is 18.8 Å². The van der Waals surface area contributed by atoms with Crippen molar-refractivity contribution in [2.45, 2.75) is 10.8 Å². The van der Waals surface area contributed by atoms with Crippen LogP contribution in [0.4, 0.5) is 11.4 Å². The van der Waals surface area contributed by atoms with Crippen LogP contribution >= 0.6 is 23.1 Å². The van der Waals surface area contributed by atoms with E-state index in [1.165, 1.54) is 28.0 Å². The number of nitrogens with one attached hydrogen (secondary N) is 1. The Morgan fingerprint density at radius 2 is 1.74 bits per heavy atom. The van der Waals surface area contributed by atoms with Gasteiger partial charge in [0.25, 0.3) is 0 Å². The molecule has 2 aliphatic carbocycles. The number of allylic oxidation sites excluding steroid dienone is 2. The number of anilines is 2. The number of rotatable bonds is 5. The molecule has 0 radical (unpaired) electrons. The second kappa shape index (κ2) is 8.53. The summed E-state index contributed by atoms with van der Waals surface area (Å²) in [4.78, 5) is 45.1. The van der Waals surface area contributed by atoms with Crippen LogP contribution in [0.5, 0.6) is 0 Å². The number of nitrogens with zero attached hydrogens (tertiary/aromatic N) is 2. The van der Waals surface area contributed by atoms with Crippen LogP contribution in [-0.4, -0.2) is 28.5 Å². The maximum atomic E-state index is 13.2. The van der Waals surface area contributed by atoms with E-state index in [-0.39, 0.29) is 47.1 Å². The van der Waals surface area contributed by atoms with Crippen molar-refractivity contribution in [3.05, 3.63) is 72.8 Å². The van der Waals surface area contributed by atoms with Gasteiger partial charge in [0.2, 0.25) is 17.7 Å². The first-order valence-corrected chi connectivity index (χ1v) is 14.6. The first kappa shape index (κ1) is 23.0. The molecule has 0 spiro atoms. The molecule has 9 heteroatoms. The Bertz CT molecular complexity index is 1860. The zero-order valence-corrected chi connectivity index (χ0v) is 22.1.